The molecule has 2 heterocycles. The average molecular weight is 327 g/mol. The van der Waals surface area contributed by atoms with E-state index in [-0.39, 0.29) is 12.6 Å². The van der Waals surface area contributed by atoms with Crippen molar-refractivity contribution in [2.45, 2.75) is 0 Å². The largest absolute Gasteiger partial charge is 0.458 e. The van der Waals surface area contributed by atoms with Crippen LogP contribution in [0.25, 0.3) is 5.69 Å². The van der Waals surface area contributed by atoms with Gasteiger partial charge in [-0.25, -0.2) is 4.79 Å². The van der Waals surface area contributed by atoms with E-state index in [9.17, 15) is 4.79 Å². The molecule has 7 heteroatoms. The summed E-state index contributed by atoms with van der Waals surface area (Å²) in [6.45, 7) is 7.48. The zero-order valence-electron chi connectivity index (χ0n) is 13.8. The minimum absolute atomic E-state index is 0.192. The van der Waals surface area contributed by atoms with Gasteiger partial charge in [-0.2, -0.15) is 0 Å². The summed E-state index contributed by atoms with van der Waals surface area (Å²) in [5.74, 6) is -0.348. The molecule has 0 amide bonds. The molecule has 1 fully saturated rings. The molecule has 0 N–H and O–H groups in total. The molecule has 24 heavy (non-hydrogen) atoms. The summed E-state index contributed by atoms with van der Waals surface area (Å²) >= 11 is 0. The average Bonchev–Trinajstić information content (AvgIpc) is 3.14. The predicted molar refractivity (Wildman–Crippen MR) is 91.5 cm³/mol. The fraction of sp³-hybridized carbons (Fsp3) is 0.353. The van der Waals surface area contributed by atoms with Crippen LogP contribution < -0.4 is 4.90 Å². The van der Waals surface area contributed by atoms with Gasteiger partial charge < -0.3 is 14.5 Å². The highest BCUT2D eigenvalue weighted by molar-refractivity contribution is 5.96. The van der Waals surface area contributed by atoms with Crippen LogP contribution in [0.15, 0.2) is 43.5 Å². The Morgan fingerprint density at radius 3 is 2.62 bits per heavy atom. The maximum atomic E-state index is 12.5. The Labute approximate surface area is 141 Å². The highest BCUT2D eigenvalue weighted by Gasteiger charge is 2.21. The van der Waals surface area contributed by atoms with Gasteiger partial charge in [-0.3, -0.25) is 4.57 Å². The zero-order chi connectivity index (χ0) is 16.9. The summed E-state index contributed by atoms with van der Waals surface area (Å²) in [5, 5.41) is 7.62. The molecule has 0 atom stereocenters. The Hall–Kier alpha value is -2.67. The SMILES string of the molecule is C=CCOC(=O)c1cc(-n2cnnc2)ccc1N1CCN(C)CC1. The van der Waals surface area contributed by atoms with Crippen LogP contribution in [0.1, 0.15) is 10.4 Å². The number of likely N-dealkylation sites (N-methyl/N-ethyl adjacent to an activating group) is 1. The van der Waals surface area contributed by atoms with Crippen molar-refractivity contribution in [1.82, 2.24) is 19.7 Å². The molecule has 0 spiro atoms. The van der Waals surface area contributed by atoms with Crippen molar-refractivity contribution in [2.75, 3.05) is 44.7 Å². The number of nitrogens with zero attached hydrogens (tertiary/aromatic N) is 5. The topological polar surface area (TPSA) is 63.5 Å². The number of carbonyl (C=O) groups is 1. The zero-order valence-corrected chi connectivity index (χ0v) is 13.8. The van der Waals surface area contributed by atoms with E-state index in [2.05, 4.69) is 33.6 Å². The molecule has 0 saturated carbocycles. The van der Waals surface area contributed by atoms with Gasteiger partial charge in [-0.15, -0.1) is 10.2 Å². The summed E-state index contributed by atoms with van der Waals surface area (Å²) < 4.78 is 7.03. The molecule has 0 aliphatic carbocycles. The normalized spacial score (nSPS) is 15.3. The Bertz CT molecular complexity index is 706. The second-order valence-corrected chi connectivity index (χ2v) is 5.75. The van der Waals surface area contributed by atoms with Crippen LogP contribution in [-0.2, 0) is 4.74 Å². The number of carbonyl (C=O) groups excluding carboxylic acids is 1. The predicted octanol–water partition coefficient (Wildman–Crippen LogP) is 1.36. The molecule has 126 valence electrons. The van der Waals surface area contributed by atoms with Gasteiger partial charge in [0, 0.05) is 31.9 Å². The number of aromatic nitrogens is 3. The first kappa shape index (κ1) is 16.2. The minimum atomic E-state index is -0.348. The lowest BCUT2D eigenvalue weighted by Crippen LogP contribution is -2.45. The third-order valence-corrected chi connectivity index (χ3v) is 4.09. The molecule has 0 unspecified atom stereocenters. The third-order valence-electron chi connectivity index (χ3n) is 4.09. The first-order valence-electron chi connectivity index (χ1n) is 7.89. The van der Waals surface area contributed by atoms with E-state index in [1.54, 1.807) is 23.3 Å². The minimum Gasteiger partial charge on any atom is -0.458 e. The quantitative estimate of drug-likeness (QED) is 0.610. The van der Waals surface area contributed by atoms with E-state index < -0.39 is 0 Å². The van der Waals surface area contributed by atoms with Crippen molar-refractivity contribution in [1.29, 1.82) is 0 Å². The molecule has 7 nitrogen and oxygen atoms in total. The van der Waals surface area contributed by atoms with Crippen LogP contribution in [0.4, 0.5) is 5.69 Å². The lowest BCUT2D eigenvalue weighted by atomic mass is 10.1. The molecule has 0 radical (unpaired) electrons. The van der Waals surface area contributed by atoms with E-state index in [0.717, 1.165) is 37.6 Å². The van der Waals surface area contributed by atoms with Crippen LogP contribution in [0, 0.1) is 0 Å². The van der Waals surface area contributed by atoms with Gasteiger partial charge in [0.25, 0.3) is 0 Å². The molecule has 0 bridgehead atoms. The van der Waals surface area contributed by atoms with E-state index in [1.807, 2.05) is 18.2 Å². The van der Waals surface area contributed by atoms with Crippen LogP contribution in [0.3, 0.4) is 0 Å². The third kappa shape index (κ3) is 3.46. The van der Waals surface area contributed by atoms with Crippen LogP contribution in [-0.4, -0.2) is 65.5 Å². The molecule has 3 rings (SSSR count). The van der Waals surface area contributed by atoms with Crippen molar-refractivity contribution in [3.05, 3.63) is 49.1 Å². The molecule has 1 saturated heterocycles. The lowest BCUT2D eigenvalue weighted by Gasteiger charge is -2.35. The number of rotatable bonds is 5. The van der Waals surface area contributed by atoms with E-state index in [1.165, 1.54) is 0 Å². The number of ether oxygens (including phenoxy) is 1. The lowest BCUT2D eigenvalue weighted by molar-refractivity contribution is 0.0550. The van der Waals surface area contributed by atoms with E-state index in [0.29, 0.717) is 5.56 Å². The number of piperazine rings is 1. The summed E-state index contributed by atoms with van der Waals surface area (Å²) in [7, 11) is 2.10. The first-order valence-corrected chi connectivity index (χ1v) is 7.89. The van der Waals surface area contributed by atoms with Gasteiger partial charge in [0.1, 0.15) is 19.3 Å². The van der Waals surface area contributed by atoms with Gasteiger partial charge in [0.15, 0.2) is 0 Å². The summed E-state index contributed by atoms with van der Waals surface area (Å²) in [6, 6.07) is 5.74. The molecular weight excluding hydrogens is 306 g/mol. The molecule has 1 aliphatic heterocycles. The first-order chi connectivity index (χ1) is 11.7. The van der Waals surface area contributed by atoms with E-state index >= 15 is 0 Å². The van der Waals surface area contributed by atoms with Gasteiger partial charge in [0.05, 0.1) is 11.3 Å². The Balaban J connectivity index is 1.94. The maximum Gasteiger partial charge on any atom is 0.340 e. The van der Waals surface area contributed by atoms with Crippen molar-refractivity contribution < 1.29 is 9.53 Å². The molecule has 2 aromatic rings. The Morgan fingerprint density at radius 2 is 1.96 bits per heavy atom. The Morgan fingerprint density at radius 1 is 1.25 bits per heavy atom. The smallest absolute Gasteiger partial charge is 0.340 e. The molecule has 1 aromatic heterocycles. The van der Waals surface area contributed by atoms with Gasteiger partial charge >= 0.3 is 5.97 Å². The van der Waals surface area contributed by atoms with E-state index in [4.69, 9.17) is 4.74 Å². The number of hydrogen-bond acceptors (Lipinski definition) is 6. The number of hydrogen-bond donors (Lipinski definition) is 0. The van der Waals surface area contributed by atoms with Crippen LogP contribution >= 0.6 is 0 Å². The second-order valence-electron chi connectivity index (χ2n) is 5.75. The highest BCUT2D eigenvalue weighted by Crippen LogP contribution is 2.25. The van der Waals surface area contributed by atoms with Crippen molar-refractivity contribution in [3.8, 4) is 5.69 Å². The van der Waals surface area contributed by atoms with Crippen molar-refractivity contribution in [3.63, 3.8) is 0 Å². The highest BCUT2D eigenvalue weighted by atomic mass is 16.5. The monoisotopic (exact) mass is 327 g/mol. The molecular formula is C17H21N5O2. The second kappa shape index (κ2) is 7.27. The number of anilines is 1. The van der Waals surface area contributed by atoms with Gasteiger partial charge in [-0.1, -0.05) is 12.7 Å². The summed E-state index contributed by atoms with van der Waals surface area (Å²) in [4.78, 5) is 17.0. The summed E-state index contributed by atoms with van der Waals surface area (Å²) in [6.07, 6.45) is 4.77. The summed E-state index contributed by atoms with van der Waals surface area (Å²) in [5.41, 5.74) is 2.27. The van der Waals surface area contributed by atoms with Gasteiger partial charge in [0.2, 0.25) is 0 Å². The number of benzene rings is 1. The van der Waals surface area contributed by atoms with Crippen LogP contribution in [0.5, 0.6) is 0 Å². The van der Waals surface area contributed by atoms with Crippen molar-refractivity contribution >= 4 is 11.7 Å². The molecule has 1 aromatic carbocycles. The standard InChI is InChI=1S/C17H21N5O2/c1-3-10-24-17(23)15-11-14(22-12-18-19-13-22)4-5-16(15)21-8-6-20(2)7-9-21/h3-5,11-13H,1,6-10H2,2H3. The molecule has 1 aliphatic rings. The van der Waals surface area contributed by atoms with Crippen molar-refractivity contribution in [2.24, 2.45) is 0 Å². The number of esters is 1. The van der Waals surface area contributed by atoms with Gasteiger partial charge in [-0.05, 0) is 25.2 Å². The fourth-order valence-corrected chi connectivity index (χ4v) is 2.72. The maximum absolute atomic E-state index is 12.5. The van der Waals surface area contributed by atoms with Crippen LogP contribution in [0.2, 0.25) is 0 Å². The fourth-order valence-electron chi connectivity index (χ4n) is 2.72. The Kier molecular flexibility index (Phi) is 4.90.